The van der Waals surface area contributed by atoms with E-state index in [1.165, 1.54) is 0 Å². The number of halogens is 1. The van der Waals surface area contributed by atoms with Crippen molar-refractivity contribution >= 4 is 27.4 Å². The Morgan fingerprint density at radius 1 is 1.29 bits per heavy atom. The molecule has 2 aromatic heterocycles. The van der Waals surface area contributed by atoms with Crippen molar-refractivity contribution in [3.63, 3.8) is 0 Å². The predicted octanol–water partition coefficient (Wildman–Crippen LogP) is 4.54. The molecule has 0 spiro atoms. The third kappa shape index (κ3) is 3.98. The van der Waals surface area contributed by atoms with E-state index in [0.29, 0.717) is 16.2 Å². The van der Waals surface area contributed by atoms with Crippen LogP contribution in [0, 0.1) is 11.8 Å². The number of hydrogen-bond acceptors (Lipinski definition) is 5. The van der Waals surface area contributed by atoms with Crippen molar-refractivity contribution in [1.29, 1.82) is 0 Å². The highest BCUT2D eigenvalue weighted by atomic mass is 79.9. The lowest BCUT2D eigenvalue weighted by molar-refractivity contribution is -0.0902. The predicted molar refractivity (Wildman–Crippen MR) is 114 cm³/mol. The summed E-state index contributed by atoms with van der Waals surface area (Å²) in [6.45, 7) is 6.31. The zero-order valence-corrected chi connectivity index (χ0v) is 18.2. The number of aliphatic hydroxyl groups is 1. The van der Waals surface area contributed by atoms with Crippen LogP contribution >= 0.6 is 15.9 Å². The van der Waals surface area contributed by atoms with Crippen LogP contribution in [0.5, 0.6) is 0 Å². The Labute approximate surface area is 174 Å². The molecule has 1 aliphatic rings. The molecular weight excluding hydrogens is 418 g/mol. The third-order valence-electron chi connectivity index (χ3n) is 6.44. The fraction of sp³-hybridized carbons (Fsp3) is 0.500. The molecule has 1 fully saturated rings. The summed E-state index contributed by atoms with van der Waals surface area (Å²) >= 11 is 3.30. The monoisotopic (exact) mass is 445 g/mol. The Morgan fingerprint density at radius 2 is 1.96 bits per heavy atom. The quantitative estimate of drug-likeness (QED) is 0.520. The smallest absolute Gasteiger partial charge is 0.187 e. The molecule has 0 aromatic carbocycles. The van der Waals surface area contributed by atoms with Gasteiger partial charge < -0.3 is 10.8 Å². The number of ketones is 1. The lowest BCUT2D eigenvalue weighted by Gasteiger charge is -2.46. The first kappa shape index (κ1) is 20.9. The van der Waals surface area contributed by atoms with Gasteiger partial charge in [-0.15, -0.1) is 0 Å². The molecule has 3 N–H and O–H groups in total. The maximum absolute atomic E-state index is 12.9. The van der Waals surface area contributed by atoms with Crippen LogP contribution in [-0.2, 0) is 6.42 Å². The normalized spacial score (nSPS) is 27.5. The van der Waals surface area contributed by atoms with Gasteiger partial charge in [0.1, 0.15) is 10.3 Å². The molecule has 2 heterocycles. The number of Topliss-reactive ketones (excluding diaryl/α,β-unsaturated/α-hetero) is 1. The van der Waals surface area contributed by atoms with Crippen LogP contribution in [0.1, 0.15) is 67.6 Å². The summed E-state index contributed by atoms with van der Waals surface area (Å²) in [4.78, 5) is 21.4. The van der Waals surface area contributed by atoms with E-state index in [0.717, 1.165) is 30.4 Å². The number of pyridine rings is 2. The molecule has 0 bridgehead atoms. The Hall–Kier alpha value is -1.79. The van der Waals surface area contributed by atoms with Crippen LogP contribution in [0.15, 0.2) is 35.2 Å². The summed E-state index contributed by atoms with van der Waals surface area (Å²) in [7, 11) is 0. The number of nitrogens with two attached hydrogens (primary N) is 1. The first-order valence-corrected chi connectivity index (χ1v) is 10.7. The Bertz CT molecular complexity index is 859. The second-order valence-electron chi connectivity index (χ2n) is 8.06. The number of carbonyl (C=O) groups is 1. The van der Waals surface area contributed by atoms with E-state index in [9.17, 15) is 9.90 Å². The van der Waals surface area contributed by atoms with Gasteiger partial charge in [0.2, 0.25) is 0 Å². The topological polar surface area (TPSA) is 89.1 Å². The highest BCUT2D eigenvalue weighted by Gasteiger charge is 2.44. The van der Waals surface area contributed by atoms with Gasteiger partial charge >= 0.3 is 0 Å². The minimum Gasteiger partial charge on any atom is -0.397 e. The minimum atomic E-state index is -0.617. The van der Waals surface area contributed by atoms with Gasteiger partial charge in [-0.3, -0.25) is 9.78 Å². The molecule has 2 unspecified atom stereocenters. The van der Waals surface area contributed by atoms with Crippen LogP contribution < -0.4 is 5.73 Å². The number of anilines is 1. The number of aromatic nitrogens is 2. The fourth-order valence-corrected chi connectivity index (χ4v) is 5.01. The molecule has 0 aliphatic heterocycles. The van der Waals surface area contributed by atoms with Crippen molar-refractivity contribution in [1.82, 2.24) is 9.97 Å². The molecule has 2 aromatic rings. The summed E-state index contributed by atoms with van der Waals surface area (Å²) in [6, 6.07) is 5.42. The molecule has 5 nitrogen and oxygen atoms in total. The first-order valence-electron chi connectivity index (χ1n) is 9.86. The average molecular weight is 446 g/mol. The Morgan fingerprint density at radius 3 is 2.61 bits per heavy atom. The van der Waals surface area contributed by atoms with Crippen molar-refractivity contribution in [2.45, 2.75) is 58.0 Å². The van der Waals surface area contributed by atoms with Crippen LogP contribution in [0.25, 0.3) is 0 Å². The SMILES string of the molecule is CCC1(O)[C@H](C)CC(c2ccncc2CC(=O)c2nc(Br)ccc2N)C[C@@H]1C. The molecule has 1 saturated carbocycles. The van der Waals surface area contributed by atoms with Gasteiger partial charge in [0.25, 0.3) is 0 Å². The van der Waals surface area contributed by atoms with Crippen LogP contribution in [-0.4, -0.2) is 26.5 Å². The van der Waals surface area contributed by atoms with Crippen molar-refractivity contribution < 1.29 is 9.90 Å². The molecule has 28 heavy (non-hydrogen) atoms. The van der Waals surface area contributed by atoms with E-state index in [1.807, 2.05) is 6.07 Å². The van der Waals surface area contributed by atoms with Gasteiger partial charge in [-0.05, 0) is 82.3 Å². The Kier molecular flexibility index (Phi) is 6.20. The fourth-order valence-electron chi connectivity index (χ4n) is 4.70. The summed E-state index contributed by atoms with van der Waals surface area (Å²) in [6.07, 6.45) is 6.34. The zero-order chi connectivity index (χ0) is 20.5. The first-order chi connectivity index (χ1) is 13.3. The second kappa shape index (κ2) is 8.29. The van der Waals surface area contributed by atoms with E-state index in [-0.39, 0.29) is 29.7 Å². The summed E-state index contributed by atoms with van der Waals surface area (Å²) < 4.78 is 0.588. The Balaban J connectivity index is 1.86. The minimum absolute atomic E-state index is 0.116. The number of rotatable bonds is 5. The van der Waals surface area contributed by atoms with E-state index >= 15 is 0 Å². The van der Waals surface area contributed by atoms with E-state index < -0.39 is 5.60 Å². The van der Waals surface area contributed by atoms with Crippen LogP contribution in [0.4, 0.5) is 5.69 Å². The van der Waals surface area contributed by atoms with Crippen molar-refractivity contribution in [3.8, 4) is 0 Å². The molecule has 0 radical (unpaired) electrons. The van der Waals surface area contributed by atoms with Gasteiger partial charge in [0.05, 0.1) is 11.3 Å². The number of nitrogen functional groups attached to an aromatic ring is 1. The van der Waals surface area contributed by atoms with Gasteiger partial charge in [-0.25, -0.2) is 4.98 Å². The average Bonchev–Trinajstić information content (AvgIpc) is 2.68. The lowest BCUT2D eigenvalue weighted by Crippen LogP contribution is -2.47. The molecule has 3 rings (SSSR count). The lowest BCUT2D eigenvalue weighted by atomic mass is 9.63. The molecule has 4 atom stereocenters. The van der Waals surface area contributed by atoms with Gasteiger partial charge in [0, 0.05) is 18.8 Å². The van der Waals surface area contributed by atoms with Crippen molar-refractivity contribution in [2.24, 2.45) is 11.8 Å². The second-order valence-corrected chi connectivity index (χ2v) is 8.87. The molecule has 0 amide bonds. The van der Waals surface area contributed by atoms with E-state index in [2.05, 4.69) is 46.7 Å². The largest absolute Gasteiger partial charge is 0.397 e. The standard InChI is InChI=1S/C22H28BrN3O2/c1-4-22(28)13(2)9-15(10-14(22)3)17-7-8-25-12-16(17)11-19(27)21-18(24)5-6-20(23)26-21/h5-8,12-15,28H,4,9-11,24H2,1-3H3/t13-,14+,15?,22?. The maximum Gasteiger partial charge on any atom is 0.187 e. The van der Waals surface area contributed by atoms with Gasteiger partial charge in [-0.1, -0.05) is 20.8 Å². The highest BCUT2D eigenvalue weighted by Crippen LogP contribution is 2.47. The molecule has 1 aliphatic carbocycles. The summed E-state index contributed by atoms with van der Waals surface area (Å²) in [5, 5.41) is 11.0. The zero-order valence-electron chi connectivity index (χ0n) is 16.7. The summed E-state index contributed by atoms with van der Waals surface area (Å²) in [5.41, 5.74) is 8.07. The van der Waals surface area contributed by atoms with E-state index in [1.54, 1.807) is 24.5 Å². The van der Waals surface area contributed by atoms with Crippen LogP contribution in [0.2, 0.25) is 0 Å². The molecule has 150 valence electrons. The third-order valence-corrected chi connectivity index (χ3v) is 6.88. The van der Waals surface area contributed by atoms with Crippen molar-refractivity contribution in [3.05, 3.63) is 52.0 Å². The molecule has 6 heteroatoms. The number of hydrogen-bond donors (Lipinski definition) is 2. The molecular formula is C22H28BrN3O2. The summed E-state index contributed by atoms with van der Waals surface area (Å²) in [5.74, 6) is 0.584. The molecule has 0 saturated heterocycles. The number of nitrogens with zero attached hydrogens (tertiary/aromatic N) is 2. The van der Waals surface area contributed by atoms with E-state index in [4.69, 9.17) is 5.73 Å². The van der Waals surface area contributed by atoms with Gasteiger partial charge in [-0.2, -0.15) is 0 Å². The highest BCUT2D eigenvalue weighted by molar-refractivity contribution is 9.10. The maximum atomic E-state index is 12.9. The number of carbonyl (C=O) groups excluding carboxylic acids is 1. The van der Waals surface area contributed by atoms with Crippen molar-refractivity contribution in [2.75, 3.05) is 5.73 Å². The van der Waals surface area contributed by atoms with Crippen LogP contribution in [0.3, 0.4) is 0 Å². The van der Waals surface area contributed by atoms with Gasteiger partial charge in [0.15, 0.2) is 5.78 Å².